The van der Waals surface area contributed by atoms with Crippen LogP contribution in [-0.4, -0.2) is 122 Å². The average molecular weight is 552 g/mol. The van der Waals surface area contributed by atoms with Gasteiger partial charge in [0.2, 0.25) is 0 Å². The number of nitrogens with zero attached hydrogens (tertiary/aromatic N) is 1. The molecule has 0 aromatic carbocycles. The first kappa shape index (κ1) is 41.6. The fraction of sp³-hybridized carbons (Fsp3) is 0.966. The summed E-state index contributed by atoms with van der Waals surface area (Å²) in [5.74, 6) is 0. The second kappa shape index (κ2) is 36.2. The third-order valence-corrected chi connectivity index (χ3v) is 7.14. The van der Waals surface area contributed by atoms with Gasteiger partial charge in [0.15, 0.2) is 0 Å². The number of aliphatic hydroxyl groups excluding tert-OH is 2. The predicted octanol–water partition coefficient (Wildman–Crippen LogP) is -3.66. The van der Waals surface area contributed by atoms with Crippen LogP contribution >= 0.6 is 0 Å². The molecule has 0 amide bonds. The molecule has 9 nitrogen and oxygen atoms in total. The Labute approximate surface area is 236 Å². The van der Waals surface area contributed by atoms with E-state index in [0.717, 1.165) is 65.6 Å². The minimum Gasteiger partial charge on any atom is -0.391 e. The Hall–Kier alpha value is -0.830. The van der Waals surface area contributed by atoms with Gasteiger partial charge in [0, 0.05) is 12.8 Å². The van der Waals surface area contributed by atoms with Crippen LogP contribution < -0.4 is 25.3 Å². The lowest BCUT2D eigenvalue weighted by Gasteiger charge is -2.22. The molecule has 0 saturated carbocycles. The molecule has 2 rings (SSSR count). The van der Waals surface area contributed by atoms with Crippen molar-refractivity contribution in [2.45, 2.75) is 73.6 Å². The number of aliphatic hydroxyl groups is 2. The van der Waals surface area contributed by atoms with Crippen LogP contribution in [0.1, 0.15) is 73.6 Å². The van der Waals surface area contributed by atoms with Crippen LogP contribution in [0, 0.1) is 11.3 Å². The number of unbranched alkanes of at least 4 members (excludes halogenated alkanes) is 1. The summed E-state index contributed by atoms with van der Waals surface area (Å²) >= 11 is 0. The topological polar surface area (TPSA) is 119 Å². The average Bonchev–Trinajstić information content (AvgIpc) is 3.47. The molecule has 2 aliphatic rings. The van der Waals surface area contributed by atoms with Crippen molar-refractivity contribution in [1.29, 1.82) is 5.26 Å². The van der Waals surface area contributed by atoms with Gasteiger partial charge in [0.05, 0.1) is 97.8 Å². The van der Waals surface area contributed by atoms with Crippen LogP contribution in [0.15, 0.2) is 0 Å². The Morgan fingerprint density at radius 2 is 1.21 bits per heavy atom. The lowest BCUT2D eigenvalue weighted by Crippen LogP contribution is -3.14. The van der Waals surface area contributed by atoms with E-state index < -0.39 is 0 Å². The van der Waals surface area contributed by atoms with Crippen molar-refractivity contribution >= 4 is 0 Å². The number of ether oxygens (including phenoxy) is 1. The van der Waals surface area contributed by atoms with Gasteiger partial charge in [-0.15, -0.1) is 0 Å². The van der Waals surface area contributed by atoms with Crippen LogP contribution in [-0.2, 0) is 4.74 Å². The first-order valence-electron chi connectivity index (χ1n) is 15.8. The van der Waals surface area contributed by atoms with Crippen molar-refractivity contribution < 1.29 is 40.3 Å². The van der Waals surface area contributed by atoms with E-state index in [1.165, 1.54) is 68.2 Å². The second-order valence-corrected chi connectivity index (χ2v) is 9.90. The molecule has 2 aliphatic heterocycles. The summed E-state index contributed by atoms with van der Waals surface area (Å²) in [5, 5.41) is 25.3. The number of hydrogen-bond donors (Lipinski definition) is 7. The number of likely N-dealkylation sites (tertiary alicyclic amines) is 1. The predicted molar refractivity (Wildman–Crippen MR) is 158 cm³/mol. The molecule has 0 spiro atoms. The van der Waals surface area contributed by atoms with Crippen molar-refractivity contribution in [1.82, 2.24) is 0 Å². The van der Waals surface area contributed by atoms with E-state index in [1.54, 1.807) is 9.80 Å². The lowest BCUT2D eigenvalue weighted by atomic mass is 10.3. The van der Waals surface area contributed by atoms with Crippen molar-refractivity contribution in [2.75, 3.05) is 112 Å². The van der Waals surface area contributed by atoms with Crippen LogP contribution in [0.5, 0.6) is 0 Å². The fourth-order valence-electron chi connectivity index (χ4n) is 4.19. The van der Waals surface area contributed by atoms with Crippen molar-refractivity contribution in [2.24, 2.45) is 0 Å². The molecule has 230 valence electrons. The van der Waals surface area contributed by atoms with E-state index in [1.807, 2.05) is 0 Å². The molecule has 0 atom stereocenters. The third-order valence-electron chi connectivity index (χ3n) is 7.14. The van der Waals surface area contributed by atoms with E-state index in [4.69, 9.17) is 20.2 Å². The van der Waals surface area contributed by atoms with Crippen molar-refractivity contribution in [3.8, 4) is 6.07 Å². The van der Waals surface area contributed by atoms with E-state index in [0.29, 0.717) is 19.6 Å². The maximum Gasteiger partial charge on any atom is 0.101 e. The highest BCUT2D eigenvalue weighted by molar-refractivity contribution is 4.66. The highest BCUT2D eigenvalue weighted by atomic mass is 16.5. The van der Waals surface area contributed by atoms with Gasteiger partial charge in [-0.25, -0.2) is 0 Å². The third kappa shape index (κ3) is 31.4. The number of nitrogens with one attached hydrogen (secondary N) is 4. The van der Waals surface area contributed by atoms with E-state index >= 15 is 0 Å². The molecule has 0 bridgehead atoms. The molecule has 38 heavy (non-hydrogen) atoms. The highest BCUT2D eigenvalue weighted by Crippen LogP contribution is 1.86. The summed E-state index contributed by atoms with van der Waals surface area (Å²) in [6, 6.07) is 2.15. The monoisotopic (exact) mass is 552 g/mol. The molecule has 0 aromatic heterocycles. The number of rotatable bonds is 13. The van der Waals surface area contributed by atoms with Crippen molar-refractivity contribution in [3.63, 3.8) is 0 Å². The standard InChI is InChI=1S/C7H14N2.C6H13NO2.C6H13NO.C6H15N.C4H11N/c1-3-9(4-2)7-5-6-8;8-4-1-7-2-5-9-6-3-7;8-6-5-7-3-1-2-4-7;1-4-7(5-2)6-3;1-2-3-4-5/h3-5,7H2,1-2H3;8H,1-6H2;8H,1-6H2;4-6H2,1-3H3;2-5H2,1H3/p+5. The van der Waals surface area contributed by atoms with Crippen LogP contribution in [0.25, 0.3) is 0 Å². The lowest BCUT2D eigenvalue weighted by molar-refractivity contribution is -0.908. The van der Waals surface area contributed by atoms with Gasteiger partial charge in [-0.2, -0.15) is 5.26 Å². The van der Waals surface area contributed by atoms with Crippen LogP contribution in [0.4, 0.5) is 0 Å². The zero-order valence-electron chi connectivity index (χ0n) is 26.5. The zero-order chi connectivity index (χ0) is 29.3. The van der Waals surface area contributed by atoms with Gasteiger partial charge in [-0.05, 0) is 41.0 Å². The summed E-state index contributed by atoms with van der Waals surface area (Å²) in [6.07, 6.45) is 5.96. The smallest absolute Gasteiger partial charge is 0.101 e. The largest absolute Gasteiger partial charge is 0.391 e. The van der Waals surface area contributed by atoms with Gasteiger partial charge < -0.3 is 40.3 Å². The molecular formula is C29H71N6O3+5. The highest BCUT2D eigenvalue weighted by Gasteiger charge is 2.13. The van der Waals surface area contributed by atoms with Gasteiger partial charge in [-0.1, -0.05) is 13.3 Å². The van der Waals surface area contributed by atoms with Gasteiger partial charge >= 0.3 is 0 Å². The van der Waals surface area contributed by atoms with Crippen LogP contribution in [0.2, 0.25) is 0 Å². The number of nitriles is 1. The Kier molecular flexibility index (Phi) is 39.6. The maximum atomic E-state index is 8.56. The second-order valence-electron chi connectivity index (χ2n) is 9.90. The number of quaternary nitrogens is 5. The normalized spacial score (nSPS) is 15.2. The van der Waals surface area contributed by atoms with Gasteiger partial charge in [-0.3, -0.25) is 0 Å². The Morgan fingerprint density at radius 3 is 1.50 bits per heavy atom. The minimum absolute atomic E-state index is 0.301. The van der Waals surface area contributed by atoms with E-state index in [2.05, 4.69) is 53.3 Å². The summed E-state index contributed by atoms with van der Waals surface area (Å²) in [7, 11) is 0. The molecule has 2 fully saturated rings. The Bertz CT molecular complexity index is 438. The molecule has 0 radical (unpaired) electrons. The zero-order valence-corrected chi connectivity index (χ0v) is 26.5. The molecule has 2 saturated heterocycles. The maximum absolute atomic E-state index is 8.56. The van der Waals surface area contributed by atoms with Crippen molar-refractivity contribution in [3.05, 3.63) is 0 Å². The molecule has 0 aromatic rings. The van der Waals surface area contributed by atoms with Gasteiger partial charge in [0.25, 0.3) is 0 Å². The first-order chi connectivity index (χ1) is 18.5. The quantitative estimate of drug-likeness (QED) is 0.128. The first-order valence-corrected chi connectivity index (χ1v) is 15.8. The fourth-order valence-corrected chi connectivity index (χ4v) is 4.19. The Balaban J connectivity index is -0.000000409. The van der Waals surface area contributed by atoms with E-state index in [9.17, 15) is 0 Å². The summed E-state index contributed by atoms with van der Waals surface area (Å²) < 4.78 is 5.14. The minimum atomic E-state index is 0.301. The number of hydrogen-bond acceptors (Lipinski definition) is 4. The molecule has 0 aliphatic carbocycles. The van der Waals surface area contributed by atoms with E-state index in [-0.39, 0.29) is 0 Å². The van der Waals surface area contributed by atoms with Gasteiger partial charge in [0.1, 0.15) is 26.2 Å². The molecule has 9 heteroatoms. The molecule has 9 N–H and O–H groups in total. The molecular weight excluding hydrogens is 480 g/mol. The molecule has 2 heterocycles. The van der Waals surface area contributed by atoms with Crippen LogP contribution in [0.3, 0.4) is 0 Å². The molecule has 0 unspecified atom stereocenters. The summed E-state index contributed by atoms with van der Waals surface area (Å²) in [5.41, 5.74) is 3.68. The summed E-state index contributed by atoms with van der Waals surface area (Å²) in [4.78, 5) is 6.23. The number of morpholine rings is 1. The summed E-state index contributed by atoms with van der Waals surface area (Å²) in [6.45, 7) is 30.2. The SMILES string of the molecule is CCCC[NH3+].CC[NH+](CC)CC.CC[NH+](CC)CCC#N.OCC[NH+]1CCCC1.OCC[NH+]1CCOCC1. The Morgan fingerprint density at radius 1 is 0.763 bits per heavy atom.